The molecule has 1 rings (SSSR count). The number of hydrogen-bond donors (Lipinski definition) is 3. The topological polar surface area (TPSA) is 109 Å². The number of carboxylic acids is 1. The predicted octanol–water partition coefficient (Wildman–Crippen LogP) is 1.85. The second-order valence-electron chi connectivity index (χ2n) is 4.37. The molecule has 0 amide bonds. The van der Waals surface area contributed by atoms with Gasteiger partial charge in [0.2, 0.25) is 10.0 Å². The maximum absolute atomic E-state index is 12.2. The van der Waals surface area contributed by atoms with Gasteiger partial charge in [0.05, 0.1) is 5.02 Å². The van der Waals surface area contributed by atoms with Crippen LogP contribution in [0.25, 0.3) is 0 Å². The molecule has 0 fully saturated rings. The molecule has 0 saturated carbocycles. The van der Waals surface area contributed by atoms with Crippen LogP contribution in [0.3, 0.4) is 0 Å². The summed E-state index contributed by atoms with van der Waals surface area (Å²) in [6, 6.07) is 2.65. The normalized spacial score (nSPS) is 13.1. The standard InChI is InChI=1S/C12H16Cl2N2O4S/c13-8-4-5-11(9(14)7-8)21(19,20)16-10(12(17)18)3-1-2-6-15/h4-5,7,10,16H,1-3,6,15H2,(H,17,18)/t10-/m0/s1. The number of nitrogens with one attached hydrogen (secondary N) is 1. The first-order valence-electron chi connectivity index (χ1n) is 6.18. The fourth-order valence-corrected chi connectivity index (χ4v) is 3.67. The Labute approximate surface area is 133 Å². The Hall–Kier alpha value is -0.860. The quantitative estimate of drug-likeness (QED) is 0.617. The molecule has 0 aliphatic carbocycles. The zero-order valence-electron chi connectivity index (χ0n) is 11.1. The van der Waals surface area contributed by atoms with Crippen LogP contribution >= 0.6 is 23.2 Å². The summed E-state index contributed by atoms with van der Waals surface area (Å²) in [6.45, 7) is 0.419. The highest BCUT2D eigenvalue weighted by Gasteiger charge is 2.26. The lowest BCUT2D eigenvalue weighted by Crippen LogP contribution is -2.40. The fraction of sp³-hybridized carbons (Fsp3) is 0.417. The minimum absolute atomic E-state index is 0.0684. The number of sulfonamides is 1. The van der Waals surface area contributed by atoms with Crippen LogP contribution < -0.4 is 10.5 Å². The number of hydrogen-bond acceptors (Lipinski definition) is 4. The first-order valence-corrected chi connectivity index (χ1v) is 8.42. The lowest BCUT2D eigenvalue weighted by Gasteiger charge is -2.15. The van der Waals surface area contributed by atoms with Crippen molar-refractivity contribution in [3.05, 3.63) is 28.2 Å². The number of unbranched alkanes of at least 4 members (excludes halogenated alkanes) is 1. The van der Waals surface area contributed by atoms with Crippen molar-refractivity contribution in [2.75, 3.05) is 6.54 Å². The minimum atomic E-state index is -4.04. The van der Waals surface area contributed by atoms with Crippen LogP contribution in [0.5, 0.6) is 0 Å². The molecule has 0 aliphatic heterocycles. The molecule has 0 unspecified atom stereocenters. The van der Waals surface area contributed by atoms with E-state index in [1.807, 2.05) is 0 Å². The van der Waals surface area contributed by atoms with E-state index >= 15 is 0 Å². The van der Waals surface area contributed by atoms with Crippen LogP contribution in [0.15, 0.2) is 23.1 Å². The van der Waals surface area contributed by atoms with Crippen LogP contribution in [-0.4, -0.2) is 32.1 Å². The molecule has 1 aromatic rings. The zero-order valence-corrected chi connectivity index (χ0v) is 13.4. The molecule has 0 saturated heterocycles. The average molecular weight is 355 g/mol. The molecular formula is C12H16Cl2N2O4S. The largest absolute Gasteiger partial charge is 0.480 e. The number of halogens is 2. The molecule has 0 aromatic heterocycles. The Morgan fingerprint density at radius 3 is 2.52 bits per heavy atom. The van der Waals surface area contributed by atoms with E-state index in [0.717, 1.165) is 0 Å². The molecule has 6 nitrogen and oxygen atoms in total. The van der Waals surface area contributed by atoms with Gasteiger partial charge in [0.15, 0.2) is 0 Å². The number of carboxylic acid groups (broad SMARTS) is 1. The molecule has 0 aliphatic rings. The molecule has 118 valence electrons. The van der Waals surface area contributed by atoms with Gasteiger partial charge in [0.1, 0.15) is 10.9 Å². The maximum Gasteiger partial charge on any atom is 0.321 e. The van der Waals surface area contributed by atoms with Crippen molar-refractivity contribution < 1.29 is 18.3 Å². The highest BCUT2D eigenvalue weighted by Crippen LogP contribution is 2.25. The summed E-state index contributed by atoms with van der Waals surface area (Å²) < 4.78 is 26.5. The Morgan fingerprint density at radius 1 is 1.33 bits per heavy atom. The van der Waals surface area contributed by atoms with Gasteiger partial charge in [-0.3, -0.25) is 4.79 Å². The second-order valence-corrected chi connectivity index (χ2v) is 6.90. The monoisotopic (exact) mass is 354 g/mol. The van der Waals surface area contributed by atoms with Crippen molar-refractivity contribution in [2.24, 2.45) is 5.73 Å². The van der Waals surface area contributed by atoms with Crippen molar-refractivity contribution in [2.45, 2.75) is 30.2 Å². The van der Waals surface area contributed by atoms with Crippen molar-refractivity contribution in [1.29, 1.82) is 0 Å². The Kier molecular flexibility index (Phi) is 6.89. The molecule has 0 bridgehead atoms. The third-order valence-electron chi connectivity index (χ3n) is 2.73. The van der Waals surface area contributed by atoms with Gasteiger partial charge in [-0.25, -0.2) is 8.42 Å². The molecule has 21 heavy (non-hydrogen) atoms. The van der Waals surface area contributed by atoms with E-state index < -0.39 is 22.0 Å². The molecule has 0 spiro atoms. The van der Waals surface area contributed by atoms with E-state index in [-0.39, 0.29) is 21.4 Å². The molecule has 0 radical (unpaired) electrons. The van der Waals surface area contributed by atoms with E-state index in [2.05, 4.69) is 4.72 Å². The lowest BCUT2D eigenvalue weighted by atomic mass is 10.1. The average Bonchev–Trinajstić information content (AvgIpc) is 2.36. The fourth-order valence-electron chi connectivity index (χ4n) is 1.67. The van der Waals surface area contributed by atoms with E-state index in [4.69, 9.17) is 34.0 Å². The Balaban J connectivity index is 2.92. The number of carbonyl (C=O) groups is 1. The SMILES string of the molecule is NCCCC[C@H](NS(=O)(=O)c1ccc(Cl)cc1Cl)C(=O)O. The van der Waals surface area contributed by atoms with Gasteiger partial charge < -0.3 is 10.8 Å². The van der Waals surface area contributed by atoms with Gasteiger partial charge >= 0.3 is 5.97 Å². The van der Waals surface area contributed by atoms with Crippen LogP contribution in [0.2, 0.25) is 10.0 Å². The van der Waals surface area contributed by atoms with Gasteiger partial charge in [0.25, 0.3) is 0 Å². The van der Waals surface area contributed by atoms with Gasteiger partial charge in [-0.05, 0) is 37.6 Å². The summed E-state index contributed by atoms with van der Waals surface area (Å²) in [7, 11) is -4.04. The van der Waals surface area contributed by atoms with Crippen LogP contribution in [-0.2, 0) is 14.8 Å². The van der Waals surface area contributed by atoms with E-state index in [0.29, 0.717) is 19.4 Å². The number of rotatable bonds is 8. The van der Waals surface area contributed by atoms with E-state index in [1.54, 1.807) is 0 Å². The molecule has 0 heterocycles. The third-order valence-corrected chi connectivity index (χ3v) is 4.92. The van der Waals surface area contributed by atoms with Crippen LogP contribution in [0.4, 0.5) is 0 Å². The summed E-state index contributed by atoms with van der Waals surface area (Å²) >= 11 is 11.5. The summed E-state index contributed by atoms with van der Waals surface area (Å²) in [5.41, 5.74) is 5.33. The van der Waals surface area contributed by atoms with E-state index in [1.165, 1.54) is 18.2 Å². The molecule has 4 N–H and O–H groups in total. The lowest BCUT2D eigenvalue weighted by molar-refractivity contribution is -0.139. The van der Waals surface area contributed by atoms with Crippen molar-refractivity contribution in [3.63, 3.8) is 0 Å². The van der Waals surface area contributed by atoms with Crippen LogP contribution in [0.1, 0.15) is 19.3 Å². The Morgan fingerprint density at radius 2 is 2.00 bits per heavy atom. The highest BCUT2D eigenvalue weighted by molar-refractivity contribution is 7.89. The number of aliphatic carboxylic acids is 1. The van der Waals surface area contributed by atoms with Gasteiger partial charge in [0, 0.05) is 5.02 Å². The van der Waals surface area contributed by atoms with Crippen molar-refractivity contribution in [1.82, 2.24) is 4.72 Å². The maximum atomic E-state index is 12.2. The Bertz CT molecular complexity index is 607. The zero-order chi connectivity index (χ0) is 16.0. The van der Waals surface area contributed by atoms with Gasteiger partial charge in [-0.1, -0.05) is 29.6 Å². The van der Waals surface area contributed by atoms with E-state index in [9.17, 15) is 13.2 Å². The smallest absolute Gasteiger partial charge is 0.321 e. The first kappa shape index (κ1) is 18.2. The summed E-state index contributed by atoms with van der Waals surface area (Å²) in [4.78, 5) is 10.9. The molecule has 1 aromatic carbocycles. The number of nitrogens with two attached hydrogens (primary N) is 1. The van der Waals surface area contributed by atoms with Gasteiger partial charge in [-0.15, -0.1) is 0 Å². The van der Waals surface area contributed by atoms with Crippen molar-refractivity contribution in [3.8, 4) is 0 Å². The third kappa shape index (κ3) is 5.44. The van der Waals surface area contributed by atoms with Gasteiger partial charge in [-0.2, -0.15) is 4.72 Å². The second kappa shape index (κ2) is 7.95. The predicted molar refractivity (Wildman–Crippen MR) is 81.1 cm³/mol. The summed E-state index contributed by atoms with van der Waals surface area (Å²) in [5.74, 6) is -1.25. The molecular weight excluding hydrogens is 339 g/mol. The summed E-state index contributed by atoms with van der Waals surface area (Å²) in [6.07, 6.45) is 1.27. The minimum Gasteiger partial charge on any atom is -0.480 e. The first-order chi connectivity index (χ1) is 9.77. The number of benzene rings is 1. The highest BCUT2D eigenvalue weighted by atomic mass is 35.5. The summed E-state index contributed by atoms with van der Waals surface area (Å²) in [5, 5.41) is 9.30. The molecule has 9 heteroatoms. The molecule has 1 atom stereocenters. The van der Waals surface area contributed by atoms with Crippen molar-refractivity contribution >= 4 is 39.2 Å². The van der Waals surface area contributed by atoms with Crippen LogP contribution in [0, 0.1) is 0 Å².